The second kappa shape index (κ2) is 5.72. The van der Waals surface area contributed by atoms with Crippen molar-refractivity contribution in [2.45, 2.75) is 25.1 Å². The lowest BCUT2D eigenvalue weighted by molar-refractivity contribution is 0.591. The number of fused-ring (bicyclic) bond motifs is 1. The van der Waals surface area contributed by atoms with Gasteiger partial charge in [0, 0.05) is 35.6 Å². The van der Waals surface area contributed by atoms with Crippen molar-refractivity contribution in [2.24, 2.45) is 0 Å². The summed E-state index contributed by atoms with van der Waals surface area (Å²) in [5.74, 6) is 0. The van der Waals surface area contributed by atoms with Gasteiger partial charge in [-0.05, 0) is 43.2 Å². The highest BCUT2D eigenvalue weighted by molar-refractivity contribution is 7.99. The third-order valence-electron chi connectivity index (χ3n) is 3.14. The van der Waals surface area contributed by atoms with Crippen molar-refractivity contribution in [3.8, 4) is 0 Å². The Labute approximate surface area is 113 Å². The van der Waals surface area contributed by atoms with Crippen LogP contribution in [0.15, 0.2) is 36.7 Å². The van der Waals surface area contributed by atoms with Crippen molar-refractivity contribution >= 4 is 22.5 Å². The average Bonchev–Trinajstić information content (AvgIpc) is 2.38. The molecule has 1 heterocycles. The van der Waals surface area contributed by atoms with Crippen LogP contribution >= 0.6 is 11.8 Å². The van der Waals surface area contributed by atoms with E-state index in [0.29, 0.717) is 4.75 Å². The third kappa shape index (κ3) is 3.47. The molecule has 0 aliphatic heterocycles. The van der Waals surface area contributed by atoms with E-state index in [9.17, 15) is 0 Å². The molecule has 0 fully saturated rings. The molecule has 0 unspecified atom stereocenters. The van der Waals surface area contributed by atoms with E-state index in [0.717, 1.165) is 13.1 Å². The Morgan fingerprint density at radius 3 is 2.83 bits per heavy atom. The van der Waals surface area contributed by atoms with E-state index in [1.54, 1.807) is 0 Å². The fourth-order valence-electron chi connectivity index (χ4n) is 1.82. The highest BCUT2D eigenvalue weighted by Gasteiger charge is 2.14. The molecule has 0 aliphatic carbocycles. The molecule has 0 bridgehead atoms. The predicted molar refractivity (Wildman–Crippen MR) is 81.0 cm³/mol. The molecule has 3 heteroatoms. The number of hydrogen-bond acceptors (Lipinski definition) is 3. The van der Waals surface area contributed by atoms with Crippen LogP contribution in [0.25, 0.3) is 10.8 Å². The average molecular weight is 260 g/mol. The Morgan fingerprint density at radius 1 is 1.22 bits per heavy atom. The Kier molecular flexibility index (Phi) is 4.25. The monoisotopic (exact) mass is 260 g/mol. The molecule has 2 nitrogen and oxygen atoms in total. The van der Waals surface area contributed by atoms with Crippen LogP contribution in [0.2, 0.25) is 0 Å². The number of nitrogens with zero attached hydrogens (tertiary/aromatic N) is 1. The first-order valence-electron chi connectivity index (χ1n) is 6.19. The topological polar surface area (TPSA) is 24.9 Å². The van der Waals surface area contributed by atoms with Crippen molar-refractivity contribution in [3.05, 3.63) is 42.2 Å². The molecule has 96 valence electrons. The van der Waals surface area contributed by atoms with Crippen LogP contribution in [0, 0.1) is 0 Å². The molecular weight excluding hydrogens is 240 g/mol. The Hall–Kier alpha value is -1.06. The SMILES string of the molecule is CSC(C)(C)CNCc1ccc2cnccc2c1. The smallest absolute Gasteiger partial charge is 0.0346 e. The molecule has 0 aliphatic rings. The van der Waals surface area contributed by atoms with E-state index < -0.39 is 0 Å². The maximum absolute atomic E-state index is 4.13. The van der Waals surface area contributed by atoms with E-state index in [2.05, 4.69) is 54.7 Å². The molecule has 18 heavy (non-hydrogen) atoms. The summed E-state index contributed by atoms with van der Waals surface area (Å²) in [5.41, 5.74) is 1.32. The summed E-state index contributed by atoms with van der Waals surface area (Å²) in [5, 5.41) is 5.98. The van der Waals surface area contributed by atoms with Gasteiger partial charge in [0.1, 0.15) is 0 Å². The first-order valence-corrected chi connectivity index (χ1v) is 7.42. The number of hydrogen-bond donors (Lipinski definition) is 1. The molecule has 2 aromatic rings. The lowest BCUT2D eigenvalue weighted by Crippen LogP contribution is -2.31. The number of benzene rings is 1. The maximum Gasteiger partial charge on any atom is 0.0346 e. The van der Waals surface area contributed by atoms with Gasteiger partial charge in [-0.25, -0.2) is 0 Å². The first-order chi connectivity index (χ1) is 8.61. The van der Waals surface area contributed by atoms with E-state index in [4.69, 9.17) is 0 Å². The van der Waals surface area contributed by atoms with Crippen molar-refractivity contribution < 1.29 is 0 Å². The van der Waals surface area contributed by atoms with E-state index in [1.807, 2.05) is 24.2 Å². The van der Waals surface area contributed by atoms with Gasteiger partial charge in [-0.2, -0.15) is 11.8 Å². The van der Waals surface area contributed by atoms with Gasteiger partial charge in [0.2, 0.25) is 0 Å². The quantitative estimate of drug-likeness (QED) is 0.891. The Balaban J connectivity index is 2.00. The Morgan fingerprint density at radius 2 is 2.06 bits per heavy atom. The molecule has 0 saturated carbocycles. The van der Waals surface area contributed by atoms with Gasteiger partial charge in [0.05, 0.1) is 0 Å². The van der Waals surface area contributed by atoms with Gasteiger partial charge >= 0.3 is 0 Å². The number of aromatic nitrogens is 1. The fraction of sp³-hybridized carbons (Fsp3) is 0.400. The summed E-state index contributed by atoms with van der Waals surface area (Å²) in [6, 6.07) is 8.60. The third-order valence-corrected chi connectivity index (χ3v) is 4.39. The molecule has 0 spiro atoms. The predicted octanol–water partition coefficient (Wildman–Crippen LogP) is 3.47. The standard InChI is InChI=1S/C15H20N2S/c1-15(2,18-3)11-17-9-12-4-5-14-10-16-7-6-13(14)8-12/h4-8,10,17H,9,11H2,1-3H3. The van der Waals surface area contributed by atoms with E-state index >= 15 is 0 Å². The zero-order chi connectivity index (χ0) is 13.0. The second-order valence-electron chi connectivity index (χ2n) is 5.12. The van der Waals surface area contributed by atoms with Crippen molar-refractivity contribution in [1.29, 1.82) is 0 Å². The summed E-state index contributed by atoms with van der Waals surface area (Å²) < 4.78 is 0.292. The Bertz CT molecular complexity index is 523. The lowest BCUT2D eigenvalue weighted by Gasteiger charge is -2.22. The van der Waals surface area contributed by atoms with Crippen LogP contribution < -0.4 is 5.32 Å². The van der Waals surface area contributed by atoms with Crippen LogP contribution in [-0.2, 0) is 6.54 Å². The number of nitrogens with one attached hydrogen (secondary N) is 1. The minimum atomic E-state index is 0.292. The fourth-order valence-corrected chi connectivity index (χ4v) is 2.07. The summed E-state index contributed by atoms with van der Waals surface area (Å²) in [6.45, 7) is 6.46. The number of pyridine rings is 1. The summed E-state index contributed by atoms with van der Waals surface area (Å²) in [7, 11) is 0. The van der Waals surface area contributed by atoms with Gasteiger partial charge in [0.25, 0.3) is 0 Å². The molecule has 1 aromatic carbocycles. The molecule has 1 N–H and O–H groups in total. The van der Waals surface area contributed by atoms with Crippen molar-refractivity contribution in [1.82, 2.24) is 10.3 Å². The van der Waals surface area contributed by atoms with Gasteiger partial charge in [-0.1, -0.05) is 12.1 Å². The molecule has 2 rings (SSSR count). The summed E-state index contributed by atoms with van der Waals surface area (Å²) >= 11 is 1.89. The van der Waals surface area contributed by atoms with Crippen LogP contribution in [0.1, 0.15) is 19.4 Å². The summed E-state index contributed by atoms with van der Waals surface area (Å²) in [4.78, 5) is 4.13. The molecule has 0 atom stereocenters. The second-order valence-corrected chi connectivity index (χ2v) is 6.64. The van der Waals surface area contributed by atoms with Crippen LogP contribution in [0.3, 0.4) is 0 Å². The van der Waals surface area contributed by atoms with Crippen LogP contribution in [0.4, 0.5) is 0 Å². The first kappa shape index (κ1) is 13.4. The van der Waals surface area contributed by atoms with Crippen LogP contribution in [0.5, 0.6) is 0 Å². The largest absolute Gasteiger partial charge is 0.311 e. The number of rotatable bonds is 5. The minimum Gasteiger partial charge on any atom is -0.311 e. The van der Waals surface area contributed by atoms with E-state index in [-0.39, 0.29) is 0 Å². The van der Waals surface area contributed by atoms with Gasteiger partial charge in [-0.3, -0.25) is 4.98 Å². The van der Waals surface area contributed by atoms with Crippen molar-refractivity contribution in [2.75, 3.05) is 12.8 Å². The van der Waals surface area contributed by atoms with Crippen LogP contribution in [-0.4, -0.2) is 22.5 Å². The van der Waals surface area contributed by atoms with Crippen molar-refractivity contribution in [3.63, 3.8) is 0 Å². The van der Waals surface area contributed by atoms with Gasteiger partial charge in [0.15, 0.2) is 0 Å². The molecule has 0 amide bonds. The molecule has 0 saturated heterocycles. The van der Waals surface area contributed by atoms with Gasteiger partial charge in [-0.15, -0.1) is 0 Å². The van der Waals surface area contributed by atoms with Gasteiger partial charge < -0.3 is 5.32 Å². The zero-order valence-corrected chi connectivity index (χ0v) is 12.1. The highest BCUT2D eigenvalue weighted by Crippen LogP contribution is 2.20. The lowest BCUT2D eigenvalue weighted by atomic mass is 10.1. The summed E-state index contributed by atoms with van der Waals surface area (Å²) in [6.07, 6.45) is 5.91. The molecule has 0 radical (unpaired) electrons. The molecular formula is C15H20N2S. The number of thioether (sulfide) groups is 1. The highest BCUT2D eigenvalue weighted by atomic mass is 32.2. The maximum atomic E-state index is 4.13. The van der Waals surface area contributed by atoms with E-state index in [1.165, 1.54) is 16.3 Å². The zero-order valence-electron chi connectivity index (χ0n) is 11.2. The molecule has 1 aromatic heterocycles. The minimum absolute atomic E-state index is 0.292. The normalized spacial score (nSPS) is 11.9.